The van der Waals surface area contributed by atoms with Gasteiger partial charge in [0.2, 0.25) is 0 Å². The Morgan fingerprint density at radius 1 is 1.41 bits per heavy atom. The van der Waals surface area contributed by atoms with Crippen LogP contribution >= 0.6 is 11.8 Å². The minimum atomic E-state index is -0.387. The van der Waals surface area contributed by atoms with Crippen LogP contribution in [0.2, 0.25) is 0 Å². The van der Waals surface area contributed by atoms with Gasteiger partial charge in [0, 0.05) is 6.20 Å². The van der Waals surface area contributed by atoms with Gasteiger partial charge in [-0.05, 0) is 37.0 Å². The molecule has 0 aromatic heterocycles. The molecular formula is C16H15FN2O2S. The quantitative estimate of drug-likeness (QED) is 0.799. The van der Waals surface area contributed by atoms with Crippen LogP contribution in [0.5, 0.6) is 0 Å². The normalized spacial score (nSPS) is 20.0. The Morgan fingerprint density at radius 3 is 2.82 bits per heavy atom. The van der Waals surface area contributed by atoms with Crippen molar-refractivity contribution in [3.8, 4) is 0 Å². The number of esters is 1. The number of amidine groups is 1. The number of halogens is 1. The molecule has 1 aromatic rings. The van der Waals surface area contributed by atoms with E-state index in [0.717, 1.165) is 10.7 Å². The summed E-state index contributed by atoms with van der Waals surface area (Å²) in [5.41, 5.74) is 1.95. The molecule has 0 radical (unpaired) electrons. The Morgan fingerprint density at radius 2 is 2.14 bits per heavy atom. The monoisotopic (exact) mass is 318 g/mol. The second-order valence-electron chi connectivity index (χ2n) is 4.88. The first-order valence-electron chi connectivity index (χ1n) is 6.95. The molecule has 2 heterocycles. The maximum absolute atomic E-state index is 13.2. The number of aliphatic imine (C=N–C) groups is 1. The highest BCUT2D eigenvalue weighted by molar-refractivity contribution is 8.16. The molecule has 0 saturated heterocycles. The van der Waals surface area contributed by atoms with Gasteiger partial charge in [0.1, 0.15) is 5.82 Å². The first-order valence-corrected chi connectivity index (χ1v) is 7.83. The first kappa shape index (κ1) is 14.8. The summed E-state index contributed by atoms with van der Waals surface area (Å²) in [5.74, 6) is -0.694. The van der Waals surface area contributed by atoms with Crippen molar-refractivity contribution in [3.63, 3.8) is 0 Å². The van der Waals surface area contributed by atoms with Gasteiger partial charge in [0.15, 0.2) is 5.17 Å². The van der Waals surface area contributed by atoms with E-state index in [1.54, 1.807) is 26.0 Å². The standard InChI is InChI=1S/C16H15FN2O2S/c1-3-21-15(20)13-10(2)18-16-19(8-9-22-16)14(13)11-4-6-12(17)7-5-11/h4-9,14H,3H2,1-2H3/t14-/m0/s1. The van der Waals surface area contributed by atoms with Crippen LogP contribution in [-0.4, -0.2) is 22.6 Å². The minimum absolute atomic E-state index is 0.299. The minimum Gasteiger partial charge on any atom is -0.463 e. The van der Waals surface area contributed by atoms with Gasteiger partial charge in [-0.25, -0.2) is 14.2 Å². The molecule has 0 N–H and O–H groups in total. The Kier molecular flexibility index (Phi) is 4.02. The average Bonchev–Trinajstić information content (AvgIpc) is 2.94. The van der Waals surface area contributed by atoms with Crippen LogP contribution < -0.4 is 0 Å². The van der Waals surface area contributed by atoms with Gasteiger partial charge < -0.3 is 9.64 Å². The number of nitrogens with zero attached hydrogens (tertiary/aromatic N) is 2. The van der Waals surface area contributed by atoms with Crippen LogP contribution in [0.4, 0.5) is 4.39 Å². The van der Waals surface area contributed by atoms with Crippen LogP contribution in [0.1, 0.15) is 25.5 Å². The summed E-state index contributed by atoms with van der Waals surface area (Å²) in [4.78, 5) is 18.8. The lowest BCUT2D eigenvalue weighted by Crippen LogP contribution is -2.34. The average molecular weight is 318 g/mol. The van der Waals surface area contributed by atoms with Gasteiger partial charge in [-0.15, -0.1) is 0 Å². The Balaban J connectivity index is 2.09. The second-order valence-corrected chi connectivity index (χ2v) is 5.75. The zero-order valence-corrected chi connectivity index (χ0v) is 13.1. The van der Waals surface area contributed by atoms with E-state index in [1.807, 2.05) is 16.5 Å². The van der Waals surface area contributed by atoms with Gasteiger partial charge in [-0.1, -0.05) is 23.9 Å². The van der Waals surface area contributed by atoms with Crippen LogP contribution in [0, 0.1) is 5.82 Å². The van der Waals surface area contributed by atoms with E-state index < -0.39 is 0 Å². The van der Waals surface area contributed by atoms with Crippen LogP contribution in [0.3, 0.4) is 0 Å². The van der Waals surface area contributed by atoms with E-state index >= 15 is 0 Å². The van der Waals surface area contributed by atoms with E-state index in [2.05, 4.69) is 4.99 Å². The molecule has 1 atom stereocenters. The number of allylic oxidation sites excluding steroid dienone is 1. The molecule has 4 nitrogen and oxygen atoms in total. The topological polar surface area (TPSA) is 41.9 Å². The SMILES string of the molecule is CCOC(=O)C1=C(C)N=C2SC=CN2[C@H]1c1ccc(F)cc1. The van der Waals surface area contributed by atoms with E-state index in [1.165, 1.54) is 23.9 Å². The fourth-order valence-corrected chi connectivity index (χ4v) is 3.33. The molecule has 2 aliphatic rings. The third-order valence-corrected chi connectivity index (χ3v) is 4.27. The van der Waals surface area contributed by atoms with Crippen LogP contribution in [0.15, 0.2) is 52.1 Å². The van der Waals surface area contributed by atoms with E-state index in [4.69, 9.17) is 4.74 Å². The molecule has 0 unspecified atom stereocenters. The van der Waals surface area contributed by atoms with Crippen molar-refractivity contribution in [2.75, 3.05) is 6.61 Å². The van der Waals surface area contributed by atoms with E-state index in [-0.39, 0.29) is 17.8 Å². The predicted octanol–water partition coefficient (Wildman–Crippen LogP) is 3.59. The number of fused-ring (bicyclic) bond motifs is 1. The lowest BCUT2D eigenvalue weighted by atomic mass is 9.95. The number of hydrogen-bond donors (Lipinski definition) is 0. The lowest BCUT2D eigenvalue weighted by Gasteiger charge is -2.33. The molecule has 22 heavy (non-hydrogen) atoms. The smallest absolute Gasteiger partial charge is 0.338 e. The molecule has 0 spiro atoms. The third-order valence-electron chi connectivity index (χ3n) is 3.50. The number of carbonyl (C=O) groups is 1. The fraction of sp³-hybridized carbons (Fsp3) is 0.250. The maximum atomic E-state index is 13.2. The van der Waals surface area contributed by atoms with Gasteiger partial charge in [0.25, 0.3) is 0 Å². The second kappa shape index (κ2) is 5.96. The van der Waals surface area contributed by atoms with Crippen molar-refractivity contribution >= 4 is 22.9 Å². The maximum Gasteiger partial charge on any atom is 0.338 e. The van der Waals surface area contributed by atoms with Crippen molar-refractivity contribution in [3.05, 3.63) is 58.5 Å². The molecule has 6 heteroatoms. The largest absolute Gasteiger partial charge is 0.463 e. The van der Waals surface area contributed by atoms with Crippen molar-refractivity contribution in [1.82, 2.24) is 4.90 Å². The Bertz CT molecular complexity index is 695. The van der Waals surface area contributed by atoms with Gasteiger partial charge in [-0.2, -0.15) is 0 Å². The summed E-state index contributed by atoms with van der Waals surface area (Å²) in [6, 6.07) is 5.81. The van der Waals surface area contributed by atoms with E-state index in [0.29, 0.717) is 17.9 Å². The molecule has 2 aliphatic heterocycles. The highest BCUT2D eigenvalue weighted by Crippen LogP contribution is 2.40. The van der Waals surface area contributed by atoms with E-state index in [9.17, 15) is 9.18 Å². The van der Waals surface area contributed by atoms with Crippen molar-refractivity contribution < 1.29 is 13.9 Å². The Hall–Kier alpha value is -2.08. The third kappa shape index (κ3) is 2.54. The molecule has 114 valence electrons. The summed E-state index contributed by atoms with van der Waals surface area (Å²) in [6.45, 7) is 3.86. The van der Waals surface area contributed by atoms with Crippen molar-refractivity contribution in [2.24, 2.45) is 4.99 Å². The lowest BCUT2D eigenvalue weighted by molar-refractivity contribution is -0.139. The summed E-state index contributed by atoms with van der Waals surface area (Å²) in [6.07, 6.45) is 1.88. The number of rotatable bonds is 3. The summed E-state index contributed by atoms with van der Waals surface area (Å²) < 4.78 is 18.4. The predicted molar refractivity (Wildman–Crippen MR) is 84.5 cm³/mol. The van der Waals surface area contributed by atoms with Gasteiger partial charge in [0.05, 0.1) is 23.9 Å². The highest BCUT2D eigenvalue weighted by atomic mass is 32.2. The molecule has 0 saturated carbocycles. The van der Waals surface area contributed by atoms with Crippen molar-refractivity contribution in [1.29, 1.82) is 0 Å². The number of hydrogen-bond acceptors (Lipinski definition) is 5. The van der Waals surface area contributed by atoms with Crippen LogP contribution in [0.25, 0.3) is 0 Å². The number of carbonyl (C=O) groups excluding carboxylic acids is 1. The fourth-order valence-electron chi connectivity index (χ4n) is 2.54. The van der Waals surface area contributed by atoms with Crippen molar-refractivity contribution in [2.45, 2.75) is 19.9 Å². The summed E-state index contributed by atoms with van der Waals surface area (Å²) in [5, 5.41) is 2.72. The zero-order valence-electron chi connectivity index (χ0n) is 12.2. The number of thioether (sulfide) groups is 1. The van der Waals surface area contributed by atoms with Crippen LogP contribution in [-0.2, 0) is 9.53 Å². The highest BCUT2D eigenvalue weighted by Gasteiger charge is 2.37. The van der Waals surface area contributed by atoms with Gasteiger partial charge in [-0.3, -0.25) is 0 Å². The Labute approximate surface area is 132 Å². The van der Waals surface area contributed by atoms with Gasteiger partial charge >= 0.3 is 5.97 Å². The molecular weight excluding hydrogens is 303 g/mol. The number of benzene rings is 1. The molecule has 0 bridgehead atoms. The molecule has 0 fully saturated rings. The zero-order chi connectivity index (χ0) is 15.7. The molecule has 0 aliphatic carbocycles. The molecule has 0 amide bonds. The first-order chi connectivity index (χ1) is 10.6. The summed E-state index contributed by atoms with van der Waals surface area (Å²) in [7, 11) is 0. The number of ether oxygens (including phenoxy) is 1. The summed E-state index contributed by atoms with van der Waals surface area (Å²) >= 11 is 1.49. The molecule has 3 rings (SSSR count). The molecule has 1 aromatic carbocycles.